The van der Waals surface area contributed by atoms with Crippen molar-refractivity contribution in [3.8, 4) is 0 Å². The van der Waals surface area contributed by atoms with E-state index in [1.165, 1.54) is 10.9 Å². The van der Waals surface area contributed by atoms with E-state index in [-0.39, 0.29) is 29.8 Å². The number of benzene rings is 1. The van der Waals surface area contributed by atoms with Crippen LogP contribution < -0.4 is 15.5 Å². The van der Waals surface area contributed by atoms with E-state index in [4.69, 9.17) is 0 Å². The maximum Gasteiger partial charge on any atom is 0.190 e. The highest BCUT2D eigenvalue weighted by atomic mass is 127. The number of rotatable bonds is 8. The Morgan fingerprint density at radius 1 is 1.26 bits per heavy atom. The van der Waals surface area contributed by atoms with Crippen molar-refractivity contribution in [1.29, 1.82) is 0 Å². The molecule has 1 heterocycles. The second kappa shape index (κ2) is 12.1. The molecule has 0 aliphatic carbocycles. The van der Waals surface area contributed by atoms with Gasteiger partial charge >= 0.3 is 0 Å². The molecular formula is C19H29FIN5S. The van der Waals surface area contributed by atoms with Crippen LogP contribution in [0.5, 0.6) is 0 Å². The van der Waals surface area contributed by atoms with Gasteiger partial charge in [0.25, 0.3) is 0 Å². The van der Waals surface area contributed by atoms with Gasteiger partial charge in [0.1, 0.15) is 5.82 Å². The molecule has 0 amide bonds. The Balaban J connectivity index is 0.00000364. The molecule has 0 unspecified atom stereocenters. The predicted octanol–water partition coefficient (Wildman–Crippen LogP) is 3.75. The lowest BCUT2D eigenvalue weighted by Crippen LogP contribution is -2.39. The number of anilines is 1. The molecule has 0 bridgehead atoms. The second-order valence-electron chi connectivity index (χ2n) is 6.18. The van der Waals surface area contributed by atoms with Gasteiger partial charge < -0.3 is 15.5 Å². The average molecular weight is 505 g/mol. The Kier molecular flexibility index (Phi) is 10.6. The first-order valence-corrected chi connectivity index (χ1v) is 9.65. The summed E-state index contributed by atoms with van der Waals surface area (Å²) in [5.41, 5.74) is 2.01. The number of halogens is 2. The maximum atomic E-state index is 13.3. The van der Waals surface area contributed by atoms with E-state index in [0.29, 0.717) is 0 Å². The second-order valence-corrected chi connectivity index (χ2v) is 7.47. The number of guanidine groups is 1. The molecule has 0 saturated carbocycles. The van der Waals surface area contributed by atoms with E-state index in [0.717, 1.165) is 54.8 Å². The standard InChI is InChI=1S/C19H28FN5S.HI/c1-14-15(2)26-18(24-14)9-11-23-19(21-3)22-10-6-12-25(4)17-8-5-7-16(20)13-17;/h5,7-8,13H,6,9-12H2,1-4H3,(H2,21,22,23);1H. The molecule has 5 nitrogen and oxygen atoms in total. The Bertz CT molecular complexity index is 715. The average Bonchev–Trinajstić information content (AvgIpc) is 2.94. The van der Waals surface area contributed by atoms with Crippen molar-refractivity contribution in [1.82, 2.24) is 15.6 Å². The summed E-state index contributed by atoms with van der Waals surface area (Å²) in [5, 5.41) is 7.78. The third-order valence-corrected chi connectivity index (χ3v) is 5.27. The molecule has 0 aliphatic rings. The van der Waals surface area contributed by atoms with Crippen LogP contribution in [-0.4, -0.2) is 44.7 Å². The third-order valence-electron chi connectivity index (χ3n) is 4.14. The molecule has 0 fully saturated rings. The summed E-state index contributed by atoms with van der Waals surface area (Å²) < 4.78 is 13.3. The zero-order valence-corrected chi connectivity index (χ0v) is 19.5. The van der Waals surface area contributed by atoms with Crippen molar-refractivity contribution in [2.45, 2.75) is 26.7 Å². The molecule has 1 aromatic heterocycles. The first-order chi connectivity index (χ1) is 12.5. The molecule has 150 valence electrons. The highest BCUT2D eigenvalue weighted by Gasteiger charge is 2.05. The Morgan fingerprint density at radius 2 is 2.00 bits per heavy atom. The Hall–Kier alpha value is -1.42. The lowest BCUT2D eigenvalue weighted by Gasteiger charge is -2.19. The quantitative estimate of drug-likeness (QED) is 0.249. The van der Waals surface area contributed by atoms with E-state index in [1.54, 1.807) is 30.5 Å². The lowest BCUT2D eigenvalue weighted by molar-refractivity contribution is 0.626. The zero-order chi connectivity index (χ0) is 18.9. The molecule has 27 heavy (non-hydrogen) atoms. The Morgan fingerprint density at radius 3 is 2.63 bits per heavy atom. The van der Waals surface area contributed by atoms with Crippen molar-refractivity contribution >= 4 is 47.0 Å². The minimum atomic E-state index is -0.206. The van der Waals surface area contributed by atoms with E-state index in [9.17, 15) is 4.39 Å². The van der Waals surface area contributed by atoms with Crippen LogP contribution in [0.3, 0.4) is 0 Å². The predicted molar refractivity (Wildman–Crippen MR) is 124 cm³/mol. The monoisotopic (exact) mass is 505 g/mol. The van der Waals surface area contributed by atoms with Crippen LogP contribution in [0.4, 0.5) is 10.1 Å². The van der Waals surface area contributed by atoms with Gasteiger partial charge in [-0.25, -0.2) is 9.37 Å². The van der Waals surface area contributed by atoms with Crippen molar-refractivity contribution in [2.24, 2.45) is 4.99 Å². The van der Waals surface area contributed by atoms with Crippen molar-refractivity contribution in [3.63, 3.8) is 0 Å². The van der Waals surface area contributed by atoms with Gasteiger partial charge in [-0.05, 0) is 38.5 Å². The molecule has 0 atom stereocenters. The summed E-state index contributed by atoms with van der Waals surface area (Å²) in [6.07, 6.45) is 1.82. The van der Waals surface area contributed by atoms with Crippen LogP contribution in [0, 0.1) is 19.7 Å². The fraction of sp³-hybridized carbons (Fsp3) is 0.474. The Labute approximate surface area is 182 Å². The normalized spacial score (nSPS) is 11.1. The fourth-order valence-corrected chi connectivity index (χ4v) is 3.45. The van der Waals surface area contributed by atoms with Crippen LogP contribution in [0.15, 0.2) is 29.3 Å². The number of nitrogens with zero attached hydrogens (tertiary/aromatic N) is 3. The van der Waals surface area contributed by atoms with Crippen molar-refractivity contribution in [3.05, 3.63) is 45.7 Å². The lowest BCUT2D eigenvalue weighted by atomic mass is 10.2. The third kappa shape index (κ3) is 8.00. The summed E-state index contributed by atoms with van der Waals surface area (Å²) >= 11 is 1.75. The molecule has 0 aliphatic heterocycles. The molecule has 8 heteroatoms. The van der Waals surface area contributed by atoms with E-state index in [1.807, 2.05) is 24.9 Å². The smallest absolute Gasteiger partial charge is 0.190 e. The SMILES string of the molecule is CN=C(NCCCN(C)c1cccc(F)c1)NCCc1nc(C)c(C)s1.I. The zero-order valence-electron chi connectivity index (χ0n) is 16.4. The first-order valence-electron chi connectivity index (χ1n) is 8.83. The number of thiazole rings is 1. The highest BCUT2D eigenvalue weighted by Crippen LogP contribution is 2.16. The summed E-state index contributed by atoms with van der Waals surface area (Å²) in [7, 11) is 3.74. The number of aryl methyl sites for hydroxylation is 2. The van der Waals surface area contributed by atoms with Gasteiger partial charge in [0.15, 0.2) is 5.96 Å². The maximum absolute atomic E-state index is 13.3. The van der Waals surface area contributed by atoms with Gasteiger partial charge in [-0.15, -0.1) is 35.3 Å². The molecule has 2 aromatic rings. The van der Waals surface area contributed by atoms with Gasteiger partial charge in [0.2, 0.25) is 0 Å². The van der Waals surface area contributed by atoms with Gasteiger partial charge in [0, 0.05) is 50.7 Å². The number of aromatic nitrogens is 1. The molecule has 0 saturated heterocycles. The van der Waals surface area contributed by atoms with E-state index in [2.05, 4.69) is 27.5 Å². The van der Waals surface area contributed by atoms with Gasteiger partial charge in [0.05, 0.1) is 10.7 Å². The molecular weight excluding hydrogens is 476 g/mol. The number of hydrogen-bond donors (Lipinski definition) is 2. The minimum absolute atomic E-state index is 0. The van der Waals surface area contributed by atoms with Crippen molar-refractivity contribution in [2.75, 3.05) is 38.6 Å². The molecule has 2 rings (SSSR count). The summed E-state index contributed by atoms with van der Waals surface area (Å²) in [4.78, 5) is 12.1. The largest absolute Gasteiger partial charge is 0.374 e. The summed E-state index contributed by atoms with van der Waals surface area (Å²) in [6.45, 7) is 6.59. The number of nitrogens with one attached hydrogen (secondary N) is 2. The molecule has 1 aromatic carbocycles. The van der Waals surface area contributed by atoms with Gasteiger partial charge in [-0.2, -0.15) is 0 Å². The molecule has 0 radical (unpaired) electrons. The highest BCUT2D eigenvalue weighted by molar-refractivity contribution is 14.0. The fourth-order valence-electron chi connectivity index (χ4n) is 2.52. The number of hydrogen-bond acceptors (Lipinski definition) is 4. The van der Waals surface area contributed by atoms with Crippen LogP contribution in [0.25, 0.3) is 0 Å². The summed E-state index contributed by atoms with van der Waals surface area (Å²) in [5.74, 6) is 0.589. The summed E-state index contributed by atoms with van der Waals surface area (Å²) in [6, 6.07) is 6.66. The van der Waals surface area contributed by atoms with Gasteiger partial charge in [-0.3, -0.25) is 4.99 Å². The molecule has 2 N–H and O–H groups in total. The van der Waals surface area contributed by atoms with E-state index >= 15 is 0 Å². The van der Waals surface area contributed by atoms with Crippen molar-refractivity contribution < 1.29 is 4.39 Å². The topological polar surface area (TPSA) is 52.6 Å². The minimum Gasteiger partial charge on any atom is -0.374 e. The number of aliphatic imine (C=N–C) groups is 1. The molecule has 0 spiro atoms. The van der Waals surface area contributed by atoms with E-state index < -0.39 is 0 Å². The first kappa shape index (κ1) is 23.6. The van der Waals surface area contributed by atoms with Gasteiger partial charge in [-0.1, -0.05) is 6.07 Å². The van der Waals surface area contributed by atoms with Crippen LogP contribution in [-0.2, 0) is 6.42 Å². The van der Waals surface area contributed by atoms with Crippen LogP contribution in [0.1, 0.15) is 22.0 Å². The van der Waals surface area contributed by atoms with Crippen LogP contribution >= 0.6 is 35.3 Å². The van der Waals surface area contributed by atoms with Crippen LogP contribution in [0.2, 0.25) is 0 Å².